The van der Waals surface area contributed by atoms with Crippen LogP contribution in [0.25, 0.3) is 5.57 Å². The number of fused-ring (bicyclic) bond motifs is 2. The minimum absolute atomic E-state index is 0. The largest absolute Gasteiger partial charge is 0.483 e. The van der Waals surface area contributed by atoms with Gasteiger partial charge >= 0.3 is 12.0 Å². The molecule has 236 valence electrons. The van der Waals surface area contributed by atoms with Crippen molar-refractivity contribution in [3.8, 4) is 11.5 Å². The number of nitrogens with two attached hydrogens (primary N) is 1. The molecule has 3 N–H and O–H groups in total. The second kappa shape index (κ2) is 15.7. The summed E-state index contributed by atoms with van der Waals surface area (Å²) in [7, 11) is 3.97. The lowest BCUT2D eigenvalue weighted by Gasteiger charge is -2.42. The number of nitrogens with one attached hydrogen (secondary N) is 1. The zero-order chi connectivity index (χ0) is 30.3. The number of carbonyl (C=O) groups excluding carboxylic acids is 3. The molecule has 9 nitrogen and oxygen atoms in total. The molecular formula is C32H51ClN4O5. The van der Waals surface area contributed by atoms with Crippen LogP contribution in [-0.4, -0.2) is 73.6 Å². The fraction of sp³-hybridized carbons (Fsp3) is 0.656. The van der Waals surface area contributed by atoms with Gasteiger partial charge in [0.05, 0.1) is 12.1 Å². The zero-order valence-electron chi connectivity index (χ0n) is 26.5. The minimum Gasteiger partial charge on any atom is -0.483 e. The van der Waals surface area contributed by atoms with Crippen LogP contribution in [-0.2, 0) is 9.59 Å². The Morgan fingerprint density at radius 1 is 1.17 bits per heavy atom. The van der Waals surface area contributed by atoms with E-state index in [2.05, 4.69) is 50.9 Å². The molecule has 2 unspecified atom stereocenters. The molecular weight excluding hydrogens is 556 g/mol. The van der Waals surface area contributed by atoms with Crippen molar-refractivity contribution in [3.05, 3.63) is 28.8 Å². The molecule has 42 heavy (non-hydrogen) atoms. The average Bonchev–Trinajstić information content (AvgIpc) is 2.86. The molecule has 0 aromatic heterocycles. The Morgan fingerprint density at radius 2 is 1.88 bits per heavy atom. The van der Waals surface area contributed by atoms with Gasteiger partial charge in [0.1, 0.15) is 17.1 Å². The standard InChI is InChI=1S/C32H50N4O5.ClH/c1-8-9-10-12-21(2)22(3)23-17-26(40-29(38)13-11-15-35(6)7)30-24-19-36(20-28(37)34-31(33)39)16-14-25(24)32(4,5)41-27(30)18-23;/h17-18,21-22H,8-16,19-20H2,1-7H3,(H3,33,34,37,39);1H. The molecule has 0 radical (unpaired) electrons. The van der Waals surface area contributed by atoms with E-state index in [1.54, 1.807) is 0 Å². The van der Waals surface area contributed by atoms with Crippen LogP contribution >= 0.6 is 12.4 Å². The van der Waals surface area contributed by atoms with Gasteiger partial charge in [0.25, 0.3) is 0 Å². The van der Waals surface area contributed by atoms with Crippen LogP contribution in [0.2, 0.25) is 0 Å². The number of imide groups is 1. The molecule has 1 aromatic rings. The van der Waals surface area contributed by atoms with Gasteiger partial charge < -0.3 is 20.1 Å². The lowest BCUT2D eigenvalue weighted by molar-refractivity contribution is -0.134. The van der Waals surface area contributed by atoms with E-state index in [9.17, 15) is 14.4 Å². The van der Waals surface area contributed by atoms with Crippen molar-refractivity contribution >= 4 is 35.9 Å². The van der Waals surface area contributed by atoms with Crippen LogP contribution in [0.4, 0.5) is 4.79 Å². The number of nitrogens with zero attached hydrogens (tertiary/aromatic N) is 2. The van der Waals surface area contributed by atoms with Gasteiger partial charge in [-0.2, -0.15) is 0 Å². The van der Waals surface area contributed by atoms with Crippen LogP contribution < -0.4 is 20.5 Å². The number of ether oxygens (including phenoxy) is 2. The summed E-state index contributed by atoms with van der Waals surface area (Å²) in [5.74, 6) is 1.23. The van der Waals surface area contributed by atoms with Gasteiger partial charge in [0.2, 0.25) is 5.91 Å². The molecule has 0 bridgehead atoms. The van der Waals surface area contributed by atoms with Gasteiger partial charge in [0, 0.05) is 19.5 Å². The Hall–Kier alpha value is -2.62. The van der Waals surface area contributed by atoms with E-state index >= 15 is 0 Å². The van der Waals surface area contributed by atoms with Crippen molar-refractivity contribution in [1.29, 1.82) is 0 Å². The first kappa shape index (κ1) is 35.6. The molecule has 0 fully saturated rings. The number of benzene rings is 1. The maximum Gasteiger partial charge on any atom is 0.318 e. The van der Waals surface area contributed by atoms with E-state index in [1.807, 2.05) is 25.1 Å². The van der Waals surface area contributed by atoms with Gasteiger partial charge in [0.15, 0.2) is 0 Å². The van der Waals surface area contributed by atoms with Crippen LogP contribution in [0.1, 0.15) is 96.6 Å². The third kappa shape index (κ3) is 9.44. The van der Waals surface area contributed by atoms with Gasteiger partial charge in [-0.3, -0.25) is 19.8 Å². The predicted molar refractivity (Wildman–Crippen MR) is 169 cm³/mol. The van der Waals surface area contributed by atoms with Gasteiger partial charge in [-0.15, -0.1) is 12.4 Å². The summed E-state index contributed by atoms with van der Waals surface area (Å²) < 4.78 is 12.8. The number of primary amides is 1. The van der Waals surface area contributed by atoms with E-state index in [4.69, 9.17) is 15.2 Å². The number of urea groups is 1. The lowest BCUT2D eigenvalue weighted by atomic mass is 9.79. The highest BCUT2D eigenvalue weighted by molar-refractivity contribution is 5.94. The van der Waals surface area contributed by atoms with Crippen molar-refractivity contribution in [3.63, 3.8) is 0 Å². The molecule has 0 spiro atoms. The molecule has 2 heterocycles. The molecule has 0 aliphatic carbocycles. The Morgan fingerprint density at radius 3 is 2.52 bits per heavy atom. The SMILES string of the molecule is CCCCCC(C)C(C)c1cc(OC(=O)CCCN(C)C)c2c(c1)OC(C)(C)C1=C2CN(CC(=O)NC(N)=O)CC1.Cl. The van der Waals surface area contributed by atoms with E-state index in [1.165, 1.54) is 19.3 Å². The summed E-state index contributed by atoms with van der Waals surface area (Å²) in [6.07, 6.45) is 6.45. The highest BCUT2D eigenvalue weighted by Crippen LogP contribution is 2.49. The summed E-state index contributed by atoms with van der Waals surface area (Å²) >= 11 is 0. The summed E-state index contributed by atoms with van der Waals surface area (Å²) in [5, 5.41) is 2.16. The summed E-state index contributed by atoms with van der Waals surface area (Å²) in [5.41, 5.74) is 8.63. The summed E-state index contributed by atoms with van der Waals surface area (Å²) in [6, 6.07) is 3.28. The number of unbranched alkanes of at least 4 members (excludes halogenated alkanes) is 2. The predicted octanol–water partition coefficient (Wildman–Crippen LogP) is 5.50. The second-order valence-electron chi connectivity index (χ2n) is 12.5. The van der Waals surface area contributed by atoms with E-state index in [0.29, 0.717) is 49.8 Å². The van der Waals surface area contributed by atoms with E-state index in [0.717, 1.165) is 35.2 Å². The number of halogens is 1. The van der Waals surface area contributed by atoms with Gasteiger partial charge in [-0.25, -0.2) is 4.79 Å². The van der Waals surface area contributed by atoms with Gasteiger partial charge in [-0.1, -0.05) is 46.5 Å². The number of esters is 1. The number of hydrogen-bond acceptors (Lipinski definition) is 7. The third-order valence-electron chi connectivity index (χ3n) is 8.39. The monoisotopic (exact) mass is 606 g/mol. The Labute approximate surface area is 257 Å². The molecule has 0 saturated heterocycles. The van der Waals surface area contributed by atoms with Crippen molar-refractivity contribution < 1.29 is 23.9 Å². The third-order valence-corrected chi connectivity index (χ3v) is 8.39. The maximum absolute atomic E-state index is 13.1. The van der Waals surface area contributed by atoms with Crippen molar-refractivity contribution in [2.45, 2.75) is 91.1 Å². The Kier molecular flexibility index (Phi) is 13.3. The van der Waals surface area contributed by atoms with Crippen LogP contribution in [0.5, 0.6) is 11.5 Å². The van der Waals surface area contributed by atoms with Crippen molar-refractivity contribution in [2.75, 3.05) is 40.3 Å². The average molecular weight is 607 g/mol. The summed E-state index contributed by atoms with van der Waals surface area (Å²) in [4.78, 5) is 40.6. The first-order valence-corrected chi connectivity index (χ1v) is 15.1. The highest BCUT2D eigenvalue weighted by atomic mass is 35.5. The molecule has 3 rings (SSSR count). The fourth-order valence-electron chi connectivity index (χ4n) is 5.90. The molecule has 2 aliphatic rings. The highest BCUT2D eigenvalue weighted by Gasteiger charge is 2.40. The molecule has 2 aliphatic heterocycles. The topological polar surface area (TPSA) is 114 Å². The normalized spacial score (nSPS) is 17.3. The molecule has 10 heteroatoms. The maximum atomic E-state index is 13.1. The van der Waals surface area contributed by atoms with E-state index < -0.39 is 17.5 Å². The number of rotatable bonds is 13. The number of amides is 3. The van der Waals surface area contributed by atoms with Crippen LogP contribution in [0.15, 0.2) is 17.7 Å². The summed E-state index contributed by atoms with van der Waals surface area (Å²) in [6.45, 7) is 12.8. The molecule has 2 atom stereocenters. The minimum atomic E-state index is -0.863. The lowest BCUT2D eigenvalue weighted by Crippen LogP contribution is -2.46. The van der Waals surface area contributed by atoms with Crippen LogP contribution in [0, 0.1) is 5.92 Å². The second-order valence-corrected chi connectivity index (χ2v) is 12.5. The first-order chi connectivity index (χ1) is 19.3. The van der Waals surface area contributed by atoms with Gasteiger partial charge in [-0.05, 0) is 88.0 Å². The smallest absolute Gasteiger partial charge is 0.318 e. The first-order valence-electron chi connectivity index (χ1n) is 15.1. The molecule has 0 saturated carbocycles. The Bertz CT molecular complexity index is 1150. The fourth-order valence-corrected chi connectivity index (χ4v) is 5.90. The quantitative estimate of drug-likeness (QED) is 0.173. The van der Waals surface area contributed by atoms with Crippen molar-refractivity contribution in [1.82, 2.24) is 15.1 Å². The van der Waals surface area contributed by atoms with Crippen molar-refractivity contribution in [2.24, 2.45) is 11.7 Å². The Balaban J connectivity index is 0.00000616. The molecule has 1 aromatic carbocycles. The number of hydrogen-bond donors (Lipinski definition) is 2. The zero-order valence-corrected chi connectivity index (χ0v) is 27.3. The van der Waals surface area contributed by atoms with Crippen LogP contribution in [0.3, 0.4) is 0 Å². The number of carbonyl (C=O) groups is 3. The van der Waals surface area contributed by atoms with E-state index in [-0.39, 0.29) is 30.8 Å². The molecule has 3 amide bonds.